The molecule has 0 aliphatic heterocycles. The zero-order chi connectivity index (χ0) is 21.3. The van der Waals surface area contributed by atoms with Crippen LogP contribution in [0.2, 0.25) is 0 Å². The second-order valence-electron chi connectivity index (χ2n) is 7.94. The van der Waals surface area contributed by atoms with Crippen LogP contribution in [0.4, 0.5) is 5.69 Å². The Kier molecular flexibility index (Phi) is 13.6. The zero-order valence-electron chi connectivity index (χ0n) is 18.3. The molecule has 0 aliphatic rings. The van der Waals surface area contributed by atoms with E-state index in [9.17, 15) is 9.59 Å². The molecule has 4 heteroatoms. The Labute approximate surface area is 176 Å². The quantitative estimate of drug-likeness (QED) is 0.231. The lowest BCUT2D eigenvalue weighted by molar-refractivity contribution is -0.136. The standard InChI is InChI=1S/C25H39NO3/c1-3-4-5-6-7-8-9-10-11-12-13-14-15-22(20-24(27)28)25(29)26-23-18-16-21(2)17-19-23/h15-19H,3-14,20H2,1-2H3,(H,26,29)(H,27,28)/b22-15+. The van der Waals surface area contributed by atoms with Crippen molar-refractivity contribution in [1.29, 1.82) is 0 Å². The number of hydrogen-bond donors (Lipinski definition) is 2. The number of rotatable bonds is 16. The van der Waals surface area contributed by atoms with E-state index >= 15 is 0 Å². The highest BCUT2D eigenvalue weighted by Gasteiger charge is 2.13. The molecule has 0 spiro atoms. The molecule has 0 fully saturated rings. The highest BCUT2D eigenvalue weighted by atomic mass is 16.4. The Bertz CT molecular complexity index is 619. The van der Waals surface area contributed by atoms with Crippen LogP contribution in [-0.2, 0) is 9.59 Å². The number of carboxylic acid groups (broad SMARTS) is 1. The number of allylic oxidation sites excluding steroid dienone is 1. The smallest absolute Gasteiger partial charge is 0.308 e. The number of hydrogen-bond acceptors (Lipinski definition) is 2. The van der Waals surface area contributed by atoms with Gasteiger partial charge in [-0.3, -0.25) is 9.59 Å². The summed E-state index contributed by atoms with van der Waals surface area (Å²) in [5.41, 5.74) is 2.14. The van der Waals surface area contributed by atoms with E-state index in [0.717, 1.165) is 24.8 Å². The summed E-state index contributed by atoms with van der Waals surface area (Å²) in [5, 5.41) is 11.9. The minimum absolute atomic E-state index is 0.240. The van der Waals surface area contributed by atoms with Crippen molar-refractivity contribution in [3.8, 4) is 0 Å². The highest BCUT2D eigenvalue weighted by Crippen LogP contribution is 2.15. The molecule has 1 aromatic rings. The van der Waals surface area contributed by atoms with Gasteiger partial charge < -0.3 is 10.4 Å². The van der Waals surface area contributed by atoms with Gasteiger partial charge in [0.05, 0.1) is 6.42 Å². The van der Waals surface area contributed by atoms with Gasteiger partial charge in [-0.2, -0.15) is 0 Å². The number of amides is 1. The van der Waals surface area contributed by atoms with Crippen molar-refractivity contribution in [2.24, 2.45) is 0 Å². The van der Waals surface area contributed by atoms with E-state index in [-0.39, 0.29) is 12.3 Å². The van der Waals surface area contributed by atoms with Crippen LogP contribution in [-0.4, -0.2) is 17.0 Å². The van der Waals surface area contributed by atoms with Crippen LogP contribution in [0.25, 0.3) is 0 Å². The van der Waals surface area contributed by atoms with Crippen LogP contribution in [0.5, 0.6) is 0 Å². The number of anilines is 1. The summed E-state index contributed by atoms with van der Waals surface area (Å²) in [6.45, 7) is 4.23. The Balaban J connectivity index is 2.26. The maximum atomic E-state index is 12.4. The lowest BCUT2D eigenvalue weighted by Crippen LogP contribution is -2.17. The first-order valence-corrected chi connectivity index (χ1v) is 11.3. The monoisotopic (exact) mass is 401 g/mol. The first-order valence-electron chi connectivity index (χ1n) is 11.3. The lowest BCUT2D eigenvalue weighted by Gasteiger charge is -2.08. The molecular formula is C25H39NO3. The SMILES string of the molecule is CCCCCCCCCCCCC/C=C(\CC(=O)O)C(=O)Nc1ccc(C)cc1. The van der Waals surface area contributed by atoms with Crippen LogP contribution in [0, 0.1) is 6.92 Å². The third kappa shape index (κ3) is 12.9. The molecular weight excluding hydrogens is 362 g/mol. The second-order valence-corrected chi connectivity index (χ2v) is 7.94. The average Bonchev–Trinajstić information content (AvgIpc) is 2.69. The van der Waals surface area contributed by atoms with Gasteiger partial charge in [-0.25, -0.2) is 0 Å². The van der Waals surface area contributed by atoms with Gasteiger partial charge in [0.15, 0.2) is 0 Å². The topological polar surface area (TPSA) is 66.4 Å². The number of aliphatic carboxylic acids is 1. The zero-order valence-corrected chi connectivity index (χ0v) is 18.3. The molecule has 162 valence electrons. The van der Waals surface area contributed by atoms with E-state index < -0.39 is 5.97 Å². The molecule has 0 bridgehead atoms. The molecule has 1 aromatic carbocycles. The number of carbonyl (C=O) groups is 2. The number of benzene rings is 1. The van der Waals surface area contributed by atoms with Crippen LogP contribution in [0.3, 0.4) is 0 Å². The summed E-state index contributed by atoms with van der Waals surface area (Å²) in [6.07, 6.45) is 16.3. The molecule has 0 unspecified atom stereocenters. The largest absolute Gasteiger partial charge is 0.481 e. The first-order chi connectivity index (χ1) is 14.0. The predicted molar refractivity (Wildman–Crippen MR) is 121 cm³/mol. The molecule has 0 radical (unpaired) electrons. The van der Waals surface area contributed by atoms with Crippen molar-refractivity contribution in [1.82, 2.24) is 0 Å². The van der Waals surface area contributed by atoms with Crippen LogP contribution >= 0.6 is 0 Å². The van der Waals surface area contributed by atoms with E-state index in [1.54, 1.807) is 6.08 Å². The summed E-state index contributed by atoms with van der Waals surface area (Å²) in [7, 11) is 0. The fraction of sp³-hybridized carbons (Fsp3) is 0.600. The predicted octanol–water partition coefficient (Wildman–Crippen LogP) is 7.04. The van der Waals surface area contributed by atoms with Gasteiger partial charge in [0, 0.05) is 11.3 Å². The summed E-state index contributed by atoms with van der Waals surface area (Å²) < 4.78 is 0. The van der Waals surface area contributed by atoms with Crippen molar-refractivity contribution < 1.29 is 14.7 Å². The normalized spacial score (nSPS) is 11.4. The Morgan fingerprint density at radius 1 is 0.862 bits per heavy atom. The molecule has 0 saturated carbocycles. The van der Waals surface area contributed by atoms with Crippen molar-refractivity contribution in [2.75, 3.05) is 5.32 Å². The molecule has 0 aromatic heterocycles. The highest BCUT2D eigenvalue weighted by molar-refractivity contribution is 6.06. The third-order valence-electron chi connectivity index (χ3n) is 5.14. The van der Waals surface area contributed by atoms with Crippen molar-refractivity contribution in [3.63, 3.8) is 0 Å². The summed E-state index contributed by atoms with van der Waals surface area (Å²) in [4.78, 5) is 23.5. The lowest BCUT2D eigenvalue weighted by atomic mass is 10.0. The number of carbonyl (C=O) groups excluding carboxylic acids is 1. The fourth-order valence-corrected chi connectivity index (χ4v) is 3.34. The van der Waals surface area contributed by atoms with Crippen LogP contribution < -0.4 is 5.32 Å². The number of unbranched alkanes of at least 4 members (excludes halogenated alkanes) is 11. The van der Waals surface area contributed by atoms with Crippen molar-refractivity contribution in [2.45, 2.75) is 97.3 Å². The van der Waals surface area contributed by atoms with Gasteiger partial charge in [0.25, 0.3) is 5.91 Å². The Hall–Kier alpha value is -2.10. The molecule has 0 saturated heterocycles. The number of nitrogens with one attached hydrogen (secondary N) is 1. The van der Waals surface area contributed by atoms with Gasteiger partial charge in [-0.05, 0) is 31.9 Å². The molecule has 0 aliphatic carbocycles. The summed E-state index contributed by atoms with van der Waals surface area (Å²) in [6, 6.07) is 7.49. The summed E-state index contributed by atoms with van der Waals surface area (Å²) in [5.74, 6) is -1.30. The van der Waals surface area contributed by atoms with Gasteiger partial charge in [0.2, 0.25) is 0 Å². The van der Waals surface area contributed by atoms with Gasteiger partial charge in [0.1, 0.15) is 0 Å². The molecule has 29 heavy (non-hydrogen) atoms. The Morgan fingerprint density at radius 2 is 1.38 bits per heavy atom. The molecule has 2 N–H and O–H groups in total. The molecule has 0 atom stereocenters. The van der Waals surface area contributed by atoms with Gasteiger partial charge >= 0.3 is 5.97 Å². The van der Waals surface area contributed by atoms with Crippen LogP contribution in [0.1, 0.15) is 96.0 Å². The average molecular weight is 402 g/mol. The number of aryl methyl sites for hydroxylation is 1. The van der Waals surface area contributed by atoms with E-state index in [1.165, 1.54) is 57.8 Å². The van der Waals surface area contributed by atoms with Gasteiger partial charge in [-0.15, -0.1) is 0 Å². The molecule has 4 nitrogen and oxygen atoms in total. The number of carboxylic acids is 1. The second kappa shape index (κ2) is 15.8. The first kappa shape index (κ1) is 24.9. The van der Waals surface area contributed by atoms with E-state index in [4.69, 9.17) is 5.11 Å². The van der Waals surface area contributed by atoms with E-state index in [0.29, 0.717) is 11.3 Å². The van der Waals surface area contributed by atoms with Crippen LogP contribution in [0.15, 0.2) is 35.9 Å². The van der Waals surface area contributed by atoms with Crippen molar-refractivity contribution in [3.05, 3.63) is 41.5 Å². The van der Waals surface area contributed by atoms with E-state index in [1.807, 2.05) is 31.2 Å². The Morgan fingerprint density at radius 3 is 1.90 bits per heavy atom. The summed E-state index contributed by atoms with van der Waals surface area (Å²) >= 11 is 0. The molecule has 1 amide bonds. The van der Waals surface area contributed by atoms with Crippen molar-refractivity contribution >= 4 is 17.6 Å². The molecule has 1 rings (SSSR count). The fourth-order valence-electron chi connectivity index (χ4n) is 3.34. The minimum Gasteiger partial charge on any atom is -0.481 e. The van der Waals surface area contributed by atoms with Gasteiger partial charge in [-0.1, -0.05) is 94.9 Å². The third-order valence-corrected chi connectivity index (χ3v) is 5.14. The maximum absolute atomic E-state index is 12.4. The molecule has 0 heterocycles. The maximum Gasteiger partial charge on any atom is 0.308 e. The minimum atomic E-state index is -0.978. The van der Waals surface area contributed by atoms with E-state index in [2.05, 4.69) is 12.2 Å².